The SMILES string of the molecule is CC(CCN)CCC(=O)C1CC1c1ccccc1. The fraction of sp³-hybridized carbons (Fsp3) is 0.562. The summed E-state index contributed by atoms with van der Waals surface area (Å²) in [6.07, 6.45) is 3.80. The molecule has 1 saturated carbocycles. The monoisotopic (exact) mass is 245 g/mol. The number of benzene rings is 1. The number of rotatable bonds is 7. The molecule has 18 heavy (non-hydrogen) atoms. The molecule has 0 saturated heterocycles. The van der Waals surface area contributed by atoms with Gasteiger partial charge in [0.2, 0.25) is 0 Å². The maximum Gasteiger partial charge on any atom is 0.136 e. The summed E-state index contributed by atoms with van der Waals surface area (Å²) in [6.45, 7) is 2.91. The van der Waals surface area contributed by atoms with Crippen molar-refractivity contribution in [3.8, 4) is 0 Å². The standard InChI is InChI=1S/C16H23NO/c1-12(9-10-17)7-8-16(18)15-11-14(15)13-5-3-2-4-6-13/h2-6,12,14-15H,7-11,17H2,1H3. The van der Waals surface area contributed by atoms with Gasteiger partial charge in [0.05, 0.1) is 0 Å². The third-order valence-corrected chi connectivity index (χ3v) is 3.97. The highest BCUT2D eigenvalue weighted by Crippen LogP contribution is 2.48. The van der Waals surface area contributed by atoms with Crippen LogP contribution in [0.5, 0.6) is 0 Å². The molecule has 2 rings (SSSR count). The van der Waals surface area contributed by atoms with Gasteiger partial charge in [-0.15, -0.1) is 0 Å². The van der Waals surface area contributed by atoms with Crippen molar-refractivity contribution >= 4 is 5.78 Å². The van der Waals surface area contributed by atoms with Gasteiger partial charge in [0.25, 0.3) is 0 Å². The van der Waals surface area contributed by atoms with Gasteiger partial charge in [-0.25, -0.2) is 0 Å². The molecule has 2 N–H and O–H groups in total. The second kappa shape index (κ2) is 6.14. The van der Waals surface area contributed by atoms with E-state index < -0.39 is 0 Å². The third-order valence-electron chi connectivity index (χ3n) is 3.97. The van der Waals surface area contributed by atoms with Gasteiger partial charge in [-0.2, -0.15) is 0 Å². The largest absolute Gasteiger partial charge is 0.330 e. The molecule has 0 aliphatic heterocycles. The van der Waals surface area contributed by atoms with Gasteiger partial charge in [0.1, 0.15) is 5.78 Å². The molecule has 0 aromatic heterocycles. The molecule has 2 nitrogen and oxygen atoms in total. The molecule has 3 atom stereocenters. The lowest BCUT2D eigenvalue weighted by atomic mass is 9.98. The fourth-order valence-corrected chi connectivity index (χ4v) is 2.62. The maximum atomic E-state index is 12.1. The summed E-state index contributed by atoms with van der Waals surface area (Å²) in [6, 6.07) is 10.4. The van der Waals surface area contributed by atoms with Gasteiger partial charge in [-0.1, -0.05) is 37.3 Å². The van der Waals surface area contributed by atoms with E-state index in [9.17, 15) is 4.79 Å². The molecular formula is C16H23NO. The number of ketones is 1. The Kier molecular flexibility index (Phi) is 4.54. The summed E-state index contributed by atoms with van der Waals surface area (Å²) in [5.74, 6) is 1.81. The lowest BCUT2D eigenvalue weighted by Crippen LogP contribution is -2.09. The van der Waals surface area contributed by atoms with Crippen LogP contribution >= 0.6 is 0 Å². The van der Waals surface area contributed by atoms with Crippen molar-refractivity contribution in [3.05, 3.63) is 35.9 Å². The number of hydrogen-bond acceptors (Lipinski definition) is 2. The molecule has 1 aromatic carbocycles. The van der Waals surface area contributed by atoms with E-state index in [4.69, 9.17) is 5.73 Å². The van der Waals surface area contributed by atoms with Crippen LogP contribution in [0.15, 0.2) is 30.3 Å². The van der Waals surface area contributed by atoms with E-state index in [0.717, 1.165) is 32.2 Å². The van der Waals surface area contributed by atoms with Crippen LogP contribution in [-0.2, 0) is 4.79 Å². The Morgan fingerprint density at radius 2 is 2.06 bits per heavy atom. The molecule has 1 aliphatic rings. The van der Waals surface area contributed by atoms with Crippen molar-refractivity contribution < 1.29 is 4.79 Å². The number of carbonyl (C=O) groups excluding carboxylic acids is 1. The van der Waals surface area contributed by atoms with Crippen LogP contribution in [0.3, 0.4) is 0 Å². The minimum absolute atomic E-state index is 0.289. The summed E-state index contributed by atoms with van der Waals surface area (Å²) < 4.78 is 0. The Morgan fingerprint density at radius 3 is 2.72 bits per heavy atom. The van der Waals surface area contributed by atoms with E-state index in [-0.39, 0.29) is 5.92 Å². The zero-order chi connectivity index (χ0) is 13.0. The molecule has 0 spiro atoms. The van der Waals surface area contributed by atoms with Gasteiger partial charge in [0, 0.05) is 12.3 Å². The first-order valence-electron chi connectivity index (χ1n) is 7.00. The van der Waals surface area contributed by atoms with E-state index in [0.29, 0.717) is 17.6 Å². The van der Waals surface area contributed by atoms with Crippen molar-refractivity contribution in [2.75, 3.05) is 6.54 Å². The van der Waals surface area contributed by atoms with Crippen LogP contribution in [0, 0.1) is 11.8 Å². The van der Waals surface area contributed by atoms with Crippen molar-refractivity contribution in [2.24, 2.45) is 17.6 Å². The van der Waals surface area contributed by atoms with Gasteiger partial charge in [-0.05, 0) is 43.2 Å². The minimum atomic E-state index is 0.289. The van der Waals surface area contributed by atoms with E-state index in [1.165, 1.54) is 5.56 Å². The zero-order valence-electron chi connectivity index (χ0n) is 11.1. The highest BCUT2D eigenvalue weighted by molar-refractivity contribution is 5.85. The Hall–Kier alpha value is -1.15. The third kappa shape index (κ3) is 3.42. The van der Waals surface area contributed by atoms with Crippen LogP contribution in [0.25, 0.3) is 0 Å². The lowest BCUT2D eigenvalue weighted by molar-refractivity contribution is -0.120. The van der Waals surface area contributed by atoms with Gasteiger partial charge < -0.3 is 5.73 Å². The molecule has 3 unspecified atom stereocenters. The first-order chi connectivity index (χ1) is 8.72. The van der Waals surface area contributed by atoms with E-state index in [1.54, 1.807) is 0 Å². The molecule has 1 aliphatic carbocycles. The summed E-state index contributed by atoms with van der Waals surface area (Å²) in [5.41, 5.74) is 6.85. The number of nitrogens with two attached hydrogens (primary N) is 1. The average Bonchev–Trinajstić information content (AvgIpc) is 3.18. The first-order valence-corrected chi connectivity index (χ1v) is 7.00. The van der Waals surface area contributed by atoms with Gasteiger partial charge in [0.15, 0.2) is 0 Å². The van der Waals surface area contributed by atoms with Crippen LogP contribution < -0.4 is 5.73 Å². The normalized spacial score (nSPS) is 23.7. The summed E-state index contributed by atoms with van der Waals surface area (Å²) in [5, 5.41) is 0. The number of carbonyl (C=O) groups is 1. The minimum Gasteiger partial charge on any atom is -0.330 e. The molecule has 0 amide bonds. The lowest BCUT2D eigenvalue weighted by Gasteiger charge is -2.08. The zero-order valence-corrected chi connectivity index (χ0v) is 11.1. The highest BCUT2D eigenvalue weighted by atomic mass is 16.1. The molecule has 2 heteroatoms. The number of hydrogen-bond donors (Lipinski definition) is 1. The summed E-state index contributed by atoms with van der Waals surface area (Å²) in [7, 11) is 0. The molecule has 98 valence electrons. The maximum absolute atomic E-state index is 12.1. The molecule has 0 heterocycles. The predicted molar refractivity (Wildman–Crippen MR) is 74.4 cm³/mol. The average molecular weight is 245 g/mol. The summed E-state index contributed by atoms with van der Waals surface area (Å²) >= 11 is 0. The topological polar surface area (TPSA) is 43.1 Å². The second-order valence-electron chi connectivity index (χ2n) is 5.55. The van der Waals surface area contributed by atoms with Crippen LogP contribution in [0.2, 0.25) is 0 Å². The van der Waals surface area contributed by atoms with Gasteiger partial charge >= 0.3 is 0 Å². The van der Waals surface area contributed by atoms with Crippen molar-refractivity contribution in [2.45, 2.75) is 38.5 Å². The van der Waals surface area contributed by atoms with Crippen molar-refractivity contribution in [1.29, 1.82) is 0 Å². The Morgan fingerprint density at radius 1 is 1.33 bits per heavy atom. The molecular weight excluding hydrogens is 222 g/mol. The van der Waals surface area contributed by atoms with Crippen molar-refractivity contribution in [1.82, 2.24) is 0 Å². The van der Waals surface area contributed by atoms with E-state index >= 15 is 0 Å². The van der Waals surface area contributed by atoms with Crippen LogP contribution in [0.4, 0.5) is 0 Å². The van der Waals surface area contributed by atoms with E-state index in [1.807, 2.05) is 6.07 Å². The Bertz CT molecular complexity index is 387. The van der Waals surface area contributed by atoms with Gasteiger partial charge in [-0.3, -0.25) is 4.79 Å². The molecule has 0 bridgehead atoms. The first kappa shape index (κ1) is 13.3. The van der Waals surface area contributed by atoms with Crippen LogP contribution in [0.1, 0.15) is 44.1 Å². The smallest absolute Gasteiger partial charge is 0.136 e. The Balaban J connectivity index is 1.76. The summed E-state index contributed by atoms with van der Waals surface area (Å²) in [4.78, 5) is 12.1. The fourth-order valence-electron chi connectivity index (χ4n) is 2.62. The number of Topliss-reactive ketones (excluding diaryl/α,β-unsaturated/α-hetero) is 1. The quantitative estimate of drug-likeness (QED) is 0.802. The molecule has 0 radical (unpaired) electrons. The molecule has 1 aromatic rings. The predicted octanol–water partition coefficient (Wildman–Crippen LogP) is 3.12. The highest BCUT2D eigenvalue weighted by Gasteiger charge is 2.42. The van der Waals surface area contributed by atoms with E-state index in [2.05, 4.69) is 31.2 Å². The molecule has 1 fully saturated rings. The Labute approximate surface area is 110 Å². The van der Waals surface area contributed by atoms with Crippen molar-refractivity contribution in [3.63, 3.8) is 0 Å². The van der Waals surface area contributed by atoms with Crippen LogP contribution in [-0.4, -0.2) is 12.3 Å². The second-order valence-corrected chi connectivity index (χ2v) is 5.55.